The predicted molar refractivity (Wildman–Crippen MR) is 104 cm³/mol. The van der Waals surface area contributed by atoms with Crippen LogP contribution in [0.15, 0.2) is 12.1 Å². The number of methoxy groups -OCH3 is 1. The summed E-state index contributed by atoms with van der Waals surface area (Å²) in [6.07, 6.45) is 2.00. The molecular formula is C18H25N7OS. The van der Waals surface area contributed by atoms with Crippen molar-refractivity contribution in [3.05, 3.63) is 29.5 Å². The van der Waals surface area contributed by atoms with Crippen LogP contribution >= 0.6 is 11.5 Å². The number of ether oxygens (including phenoxy) is 1. The third-order valence-electron chi connectivity index (χ3n) is 4.92. The van der Waals surface area contributed by atoms with Crippen LogP contribution in [0.3, 0.4) is 0 Å². The molecule has 0 radical (unpaired) electrons. The maximum absolute atomic E-state index is 5.11. The minimum atomic E-state index is -0.00313. The Morgan fingerprint density at radius 2 is 1.96 bits per heavy atom. The molecule has 0 amide bonds. The lowest BCUT2D eigenvalue weighted by Gasteiger charge is -2.30. The van der Waals surface area contributed by atoms with E-state index >= 15 is 0 Å². The highest BCUT2D eigenvalue weighted by atomic mass is 32.1. The molecule has 3 aromatic heterocycles. The maximum atomic E-state index is 5.11. The molecule has 0 aromatic carbocycles. The smallest absolute Gasteiger partial charge is 0.205 e. The van der Waals surface area contributed by atoms with Gasteiger partial charge in [0.25, 0.3) is 0 Å². The minimum absolute atomic E-state index is 0.00313. The van der Waals surface area contributed by atoms with Crippen molar-refractivity contribution >= 4 is 22.3 Å². The Bertz CT molecular complexity index is 921. The van der Waals surface area contributed by atoms with Crippen LogP contribution in [0.1, 0.15) is 56.9 Å². The molecule has 1 aliphatic rings. The van der Waals surface area contributed by atoms with Crippen LogP contribution in [0.4, 0.5) is 5.13 Å². The summed E-state index contributed by atoms with van der Waals surface area (Å²) in [6.45, 7) is 8.83. The lowest BCUT2D eigenvalue weighted by Crippen LogP contribution is -2.33. The Morgan fingerprint density at radius 1 is 1.19 bits per heavy atom. The maximum Gasteiger partial charge on any atom is 0.205 e. The number of anilines is 1. The van der Waals surface area contributed by atoms with Gasteiger partial charge in [0.15, 0.2) is 17.3 Å². The molecule has 0 aliphatic carbocycles. The van der Waals surface area contributed by atoms with Crippen molar-refractivity contribution < 1.29 is 4.74 Å². The van der Waals surface area contributed by atoms with E-state index in [2.05, 4.69) is 45.2 Å². The summed E-state index contributed by atoms with van der Waals surface area (Å²) < 4.78 is 11.4. The van der Waals surface area contributed by atoms with E-state index in [1.54, 1.807) is 7.11 Å². The molecule has 0 bridgehead atoms. The van der Waals surface area contributed by atoms with Gasteiger partial charge in [0.05, 0.1) is 5.69 Å². The van der Waals surface area contributed by atoms with E-state index in [1.165, 1.54) is 11.5 Å². The molecule has 1 fully saturated rings. The lowest BCUT2D eigenvalue weighted by molar-refractivity contribution is 0.179. The van der Waals surface area contributed by atoms with Gasteiger partial charge in [-0.25, -0.2) is 4.98 Å². The van der Waals surface area contributed by atoms with E-state index in [1.807, 2.05) is 16.6 Å². The van der Waals surface area contributed by atoms with Gasteiger partial charge in [-0.3, -0.25) is 0 Å². The van der Waals surface area contributed by atoms with Crippen molar-refractivity contribution in [1.82, 2.24) is 29.2 Å². The first-order chi connectivity index (χ1) is 13.0. The Morgan fingerprint density at radius 3 is 2.67 bits per heavy atom. The zero-order valence-corrected chi connectivity index (χ0v) is 17.0. The zero-order valence-electron chi connectivity index (χ0n) is 16.2. The van der Waals surface area contributed by atoms with Crippen LogP contribution in [-0.4, -0.2) is 49.4 Å². The summed E-state index contributed by atoms with van der Waals surface area (Å²) in [7, 11) is 1.66. The number of nitrogens with zero attached hydrogens (tertiary/aromatic N) is 7. The van der Waals surface area contributed by atoms with E-state index in [0.29, 0.717) is 12.5 Å². The van der Waals surface area contributed by atoms with E-state index < -0.39 is 0 Å². The average Bonchev–Trinajstić information content (AvgIpc) is 3.28. The summed E-state index contributed by atoms with van der Waals surface area (Å²) in [4.78, 5) is 6.86. The van der Waals surface area contributed by atoms with Crippen LogP contribution in [0, 0.1) is 0 Å². The van der Waals surface area contributed by atoms with Gasteiger partial charge in [-0.2, -0.15) is 14.0 Å². The van der Waals surface area contributed by atoms with Crippen molar-refractivity contribution in [2.45, 2.75) is 51.6 Å². The average molecular weight is 388 g/mol. The first-order valence-corrected chi connectivity index (χ1v) is 10.0. The van der Waals surface area contributed by atoms with E-state index in [-0.39, 0.29) is 5.41 Å². The van der Waals surface area contributed by atoms with E-state index in [0.717, 1.165) is 54.1 Å². The highest BCUT2D eigenvalue weighted by Gasteiger charge is 2.27. The third kappa shape index (κ3) is 3.66. The first-order valence-electron chi connectivity index (χ1n) is 9.25. The zero-order chi connectivity index (χ0) is 19.0. The predicted octanol–water partition coefficient (Wildman–Crippen LogP) is 2.80. The molecular weight excluding hydrogens is 362 g/mol. The molecule has 0 atom stereocenters. The van der Waals surface area contributed by atoms with Gasteiger partial charge in [-0.1, -0.05) is 20.8 Å². The van der Waals surface area contributed by atoms with Gasteiger partial charge >= 0.3 is 0 Å². The fourth-order valence-electron chi connectivity index (χ4n) is 3.35. The van der Waals surface area contributed by atoms with Crippen LogP contribution in [0.5, 0.6) is 0 Å². The molecule has 1 saturated heterocycles. The van der Waals surface area contributed by atoms with Crippen LogP contribution in [0.25, 0.3) is 5.65 Å². The van der Waals surface area contributed by atoms with Gasteiger partial charge in [-0.15, -0.1) is 10.2 Å². The molecule has 4 heterocycles. The fraction of sp³-hybridized carbons (Fsp3) is 0.611. The number of piperidine rings is 1. The summed E-state index contributed by atoms with van der Waals surface area (Å²) in [5, 5.41) is 14.6. The molecule has 0 N–H and O–H groups in total. The van der Waals surface area contributed by atoms with Crippen LogP contribution in [0.2, 0.25) is 0 Å². The fourth-order valence-corrected chi connectivity index (χ4v) is 4.07. The molecule has 1 aliphatic heterocycles. The van der Waals surface area contributed by atoms with Crippen molar-refractivity contribution in [3.63, 3.8) is 0 Å². The normalized spacial score (nSPS) is 16.4. The SMILES string of the molecule is COCc1nsc(N2CCC(c3nnc4ccc(C(C)(C)C)nn34)CC2)n1. The van der Waals surface area contributed by atoms with Gasteiger partial charge in [0.1, 0.15) is 6.61 Å². The highest BCUT2D eigenvalue weighted by molar-refractivity contribution is 7.09. The second-order valence-electron chi connectivity index (χ2n) is 7.98. The van der Waals surface area contributed by atoms with Gasteiger partial charge in [0.2, 0.25) is 5.13 Å². The number of aromatic nitrogens is 6. The number of hydrogen-bond donors (Lipinski definition) is 0. The van der Waals surface area contributed by atoms with Gasteiger partial charge in [-0.05, 0) is 25.0 Å². The van der Waals surface area contributed by atoms with E-state index in [4.69, 9.17) is 9.84 Å². The van der Waals surface area contributed by atoms with Crippen molar-refractivity contribution in [3.8, 4) is 0 Å². The molecule has 9 heteroatoms. The molecule has 3 aromatic rings. The van der Waals surface area contributed by atoms with Crippen LogP contribution < -0.4 is 4.90 Å². The molecule has 144 valence electrons. The van der Waals surface area contributed by atoms with Gasteiger partial charge in [0, 0.05) is 43.1 Å². The molecule has 0 unspecified atom stereocenters. The minimum Gasteiger partial charge on any atom is -0.377 e. The molecule has 27 heavy (non-hydrogen) atoms. The first kappa shape index (κ1) is 18.2. The van der Waals surface area contributed by atoms with E-state index in [9.17, 15) is 0 Å². The second kappa shape index (κ2) is 7.12. The Balaban J connectivity index is 1.50. The lowest BCUT2D eigenvalue weighted by atomic mass is 9.92. The van der Waals surface area contributed by atoms with Gasteiger partial charge < -0.3 is 9.64 Å². The molecule has 0 saturated carbocycles. The largest absolute Gasteiger partial charge is 0.377 e. The summed E-state index contributed by atoms with van der Waals surface area (Å²) >= 11 is 1.44. The monoisotopic (exact) mass is 387 g/mol. The van der Waals surface area contributed by atoms with Crippen molar-refractivity contribution in [1.29, 1.82) is 0 Å². The molecule has 4 rings (SSSR count). The molecule has 8 nitrogen and oxygen atoms in total. The number of rotatable bonds is 4. The number of hydrogen-bond acceptors (Lipinski definition) is 8. The summed E-state index contributed by atoms with van der Waals surface area (Å²) in [5.41, 5.74) is 1.86. The highest BCUT2D eigenvalue weighted by Crippen LogP contribution is 2.31. The topological polar surface area (TPSA) is 81.3 Å². The molecule has 0 spiro atoms. The van der Waals surface area contributed by atoms with Crippen LogP contribution in [-0.2, 0) is 16.8 Å². The Hall–Kier alpha value is -2.13. The quantitative estimate of drug-likeness (QED) is 0.681. The Labute approximate surface area is 162 Å². The second-order valence-corrected chi connectivity index (χ2v) is 8.71. The van der Waals surface area contributed by atoms with Crippen molar-refractivity contribution in [2.24, 2.45) is 0 Å². The summed E-state index contributed by atoms with van der Waals surface area (Å²) in [5.74, 6) is 2.07. The number of fused-ring (bicyclic) bond motifs is 1. The standard InChI is InChI=1S/C18H25N7OS/c1-18(2,3)13-5-6-15-20-21-16(25(15)22-13)12-7-9-24(10-8-12)17-19-14(11-26-4)23-27-17/h5-6,12H,7-11H2,1-4H3. The van der Waals surface area contributed by atoms with Crippen molar-refractivity contribution in [2.75, 3.05) is 25.1 Å². The third-order valence-corrected chi connectivity index (χ3v) is 5.73. The summed E-state index contributed by atoms with van der Waals surface area (Å²) in [6, 6.07) is 4.06. The Kier molecular flexibility index (Phi) is 4.81.